The van der Waals surface area contributed by atoms with Crippen LogP contribution in [0.15, 0.2) is 60.8 Å². The van der Waals surface area contributed by atoms with Gasteiger partial charge in [-0.2, -0.15) is 9.67 Å². The maximum atomic E-state index is 13.5. The van der Waals surface area contributed by atoms with E-state index in [1.54, 1.807) is 36.4 Å². The van der Waals surface area contributed by atoms with Crippen LogP contribution in [0.4, 0.5) is 16.0 Å². The first kappa shape index (κ1) is 17.3. The van der Waals surface area contributed by atoms with Crippen LogP contribution in [0.1, 0.15) is 5.56 Å². The summed E-state index contributed by atoms with van der Waals surface area (Å²) >= 11 is 0. The number of carboxylic acids is 1. The molecule has 28 heavy (non-hydrogen) atoms. The molecular formula is C19H13FN6O2. The molecule has 0 spiro atoms. The molecule has 0 saturated carbocycles. The molecule has 0 saturated heterocycles. The molecule has 0 fully saturated rings. The fourth-order valence-corrected chi connectivity index (χ4v) is 2.59. The van der Waals surface area contributed by atoms with Gasteiger partial charge in [-0.15, -0.1) is 5.10 Å². The largest absolute Gasteiger partial charge is 0.478 e. The Kier molecular flexibility index (Phi) is 4.47. The molecule has 0 bridgehead atoms. The van der Waals surface area contributed by atoms with E-state index in [1.807, 2.05) is 0 Å². The molecule has 2 aromatic heterocycles. The molecule has 0 atom stereocenters. The lowest BCUT2D eigenvalue weighted by Gasteiger charge is -2.06. The zero-order valence-electron chi connectivity index (χ0n) is 14.3. The van der Waals surface area contributed by atoms with Crippen molar-refractivity contribution < 1.29 is 14.3 Å². The molecule has 0 radical (unpaired) electrons. The Hall–Kier alpha value is -4.14. The van der Waals surface area contributed by atoms with Crippen molar-refractivity contribution in [1.29, 1.82) is 0 Å². The summed E-state index contributed by atoms with van der Waals surface area (Å²) in [4.78, 5) is 19.3. The fraction of sp³-hybridized carbons (Fsp3) is 0. The molecular weight excluding hydrogens is 363 g/mol. The lowest BCUT2D eigenvalue weighted by molar-refractivity contribution is -0.131. The highest BCUT2D eigenvalue weighted by Gasteiger charge is 2.11. The van der Waals surface area contributed by atoms with Crippen molar-refractivity contribution in [2.75, 3.05) is 5.32 Å². The van der Waals surface area contributed by atoms with E-state index < -0.39 is 5.97 Å². The van der Waals surface area contributed by atoms with E-state index in [2.05, 4.69) is 25.6 Å². The van der Waals surface area contributed by atoms with Gasteiger partial charge in [0.2, 0.25) is 5.95 Å². The van der Waals surface area contributed by atoms with Gasteiger partial charge in [0, 0.05) is 11.8 Å². The molecule has 8 nitrogen and oxygen atoms in total. The molecule has 2 N–H and O–H groups in total. The van der Waals surface area contributed by atoms with E-state index in [0.29, 0.717) is 34.1 Å². The molecule has 4 aromatic rings. The van der Waals surface area contributed by atoms with Gasteiger partial charge in [-0.1, -0.05) is 23.4 Å². The number of nitrogens with one attached hydrogen (secondary N) is 1. The number of hydrogen-bond donors (Lipinski definition) is 2. The van der Waals surface area contributed by atoms with Gasteiger partial charge in [-0.3, -0.25) is 0 Å². The highest BCUT2D eigenvalue weighted by molar-refractivity contribution is 5.85. The van der Waals surface area contributed by atoms with Crippen LogP contribution in [0.5, 0.6) is 0 Å². The zero-order valence-corrected chi connectivity index (χ0v) is 14.3. The second-order valence-corrected chi connectivity index (χ2v) is 5.81. The van der Waals surface area contributed by atoms with E-state index >= 15 is 0 Å². The number of hydrogen-bond acceptors (Lipinski definition) is 6. The molecule has 0 unspecified atom stereocenters. The maximum absolute atomic E-state index is 13.5. The second kappa shape index (κ2) is 7.23. The summed E-state index contributed by atoms with van der Waals surface area (Å²) in [5.74, 6) is -1.11. The number of carbonyl (C=O) groups is 1. The molecule has 0 amide bonds. The van der Waals surface area contributed by atoms with Gasteiger partial charge in [0.05, 0.1) is 11.9 Å². The number of aromatic nitrogens is 5. The number of aliphatic carboxylic acids is 1. The molecule has 0 aliphatic heterocycles. The Labute approximate surface area is 158 Å². The third-order valence-corrected chi connectivity index (χ3v) is 3.81. The van der Waals surface area contributed by atoms with E-state index in [-0.39, 0.29) is 5.82 Å². The van der Waals surface area contributed by atoms with E-state index in [9.17, 15) is 9.18 Å². The van der Waals surface area contributed by atoms with Crippen LogP contribution in [-0.2, 0) is 4.79 Å². The average molecular weight is 376 g/mol. The number of nitrogens with zero attached hydrogens (tertiary/aromatic N) is 5. The van der Waals surface area contributed by atoms with Crippen LogP contribution in [0.25, 0.3) is 22.9 Å². The van der Waals surface area contributed by atoms with Gasteiger partial charge in [-0.05, 0) is 42.0 Å². The lowest BCUT2D eigenvalue weighted by atomic mass is 10.2. The number of anilines is 2. The SMILES string of the molecule is O=C(O)/C=C/c1cccc(Nc2ncc3nnn(-c4cccc(F)c4)c3n2)c1. The second-order valence-electron chi connectivity index (χ2n) is 5.81. The van der Waals surface area contributed by atoms with Crippen LogP contribution < -0.4 is 5.32 Å². The Balaban J connectivity index is 1.66. The van der Waals surface area contributed by atoms with Gasteiger partial charge in [-0.25, -0.2) is 14.2 Å². The van der Waals surface area contributed by atoms with Crippen molar-refractivity contribution in [3.63, 3.8) is 0 Å². The van der Waals surface area contributed by atoms with Crippen molar-refractivity contribution in [1.82, 2.24) is 25.0 Å². The van der Waals surface area contributed by atoms with Gasteiger partial charge in [0.1, 0.15) is 5.82 Å². The van der Waals surface area contributed by atoms with Crippen molar-refractivity contribution in [2.45, 2.75) is 0 Å². The van der Waals surface area contributed by atoms with Crippen molar-refractivity contribution in [3.05, 3.63) is 72.2 Å². The van der Waals surface area contributed by atoms with Gasteiger partial charge in [0.15, 0.2) is 11.2 Å². The molecule has 9 heteroatoms. The summed E-state index contributed by atoms with van der Waals surface area (Å²) in [5, 5.41) is 19.8. The summed E-state index contributed by atoms with van der Waals surface area (Å²) in [5.41, 5.74) is 2.77. The molecule has 2 aromatic carbocycles. The summed E-state index contributed by atoms with van der Waals surface area (Å²) in [7, 11) is 0. The van der Waals surface area contributed by atoms with Crippen molar-refractivity contribution in [3.8, 4) is 5.69 Å². The summed E-state index contributed by atoms with van der Waals surface area (Å²) in [6, 6.07) is 13.1. The van der Waals surface area contributed by atoms with Crippen molar-refractivity contribution >= 4 is 34.8 Å². The number of carboxylic acid groups (broad SMARTS) is 1. The first-order chi connectivity index (χ1) is 13.6. The lowest BCUT2D eigenvalue weighted by Crippen LogP contribution is -2.01. The van der Waals surface area contributed by atoms with E-state index in [0.717, 1.165) is 6.08 Å². The first-order valence-corrected chi connectivity index (χ1v) is 8.21. The molecule has 4 rings (SSSR count). The standard InChI is InChI=1S/C19H13FN6O2/c20-13-4-2-6-15(10-13)26-18-16(24-25-26)11-21-19(23-18)22-14-5-1-3-12(9-14)7-8-17(27)28/h1-11H,(H,27,28)(H,21,22,23)/b8-7+. The highest BCUT2D eigenvalue weighted by Crippen LogP contribution is 2.19. The fourth-order valence-electron chi connectivity index (χ4n) is 2.59. The van der Waals surface area contributed by atoms with Crippen LogP contribution in [-0.4, -0.2) is 36.0 Å². The smallest absolute Gasteiger partial charge is 0.328 e. The molecule has 0 aliphatic carbocycles. The van der Waals surface area contributed by atoms with Gasteiger partial charge < -0.3 is 10.4 Å². The Morgan fingerprint density at radius 2 is 2.04 bits per heavy atom. The number of halogens is 1. The van der Waals surface area contributed by atoms with Gasteiger partial charge >= 0.3 is 5.97 Å². The highest BCUT2D eigenvalue weighted by atomic mass is 19.1. The summed E-state index contributed by atoms with van der Waals surface area (Å²) < 4.78 is 15.0. The molecule has 138 valence electrons. The number of rotatable bonds is 5. The summed E-state index contributed by atoms with van der Waals surface area (Å²) in [6.07, 6.45) is 4.06. The van der Waals surface area contributed by atoms with Gasteiger partial charge in [0.25, 0.3) is 0 Å². The maximum Gasteiger partial charge on any atom is 0.328 e. The van der Waals surface area contributed by atoms with E-state index in [4.69, 9.17) is 5.11 Å². The Morgan fingerprint density at radius 3 is 2.86 bits per heavy atom. The molecule has 0 aliphatic rings. The number of benzene rings is 2. The Morgan fingerprint density at radius 1 is 1.18 bits per heavy atom. The zero-order chi connectivity index (χ0) is 19.5. The minimum absolute atomic E-state index is 0.298. The Bertz CT molecular complexity index is 1200. The van der Waals surface area contributed by atoms with Crippen LogP contribution in [0.3, 0.4) is 0 Å². The van der Waals surface area contributed by atoms with Crippen molar-refractivity contribution in [2.24, 2.45) is 0 Å². The third-order valence-electron chi connectivity index (χ3n) is 3.81. The average Bonchev–Trinajstić information content (AvgIpc) is 3.10. The molecule has 2 heterocycles. The topological polar surface area (TPSA) is 106 Å². The predicted molar refractivity (Wildman–Crippen MR) is 101 cm³/mol. The monoisotopic (exact) mass is 376 g/mol. The van der Waals surface area contributed by atoms with Crippen LogP contribution in [0, 0.1) is 5.82 Å². The predicted octanol–water partition coefficient (Wildman–Crippen LogP) is 3.19. The minimum Gasteiger partial charge on any atom is -0.478 e. The third kappa shape index (κ3) is 3.68. The quantitative estimate of drug-likeness (QED) is 0.515. The number of fused-ring (bicyclic) bond motifs is 1. The normalized spacial score (nSPS) is 11.2. The minimum atomic E-state index is -1.02. The van der Waals surface area contributed by atoms with Crippen LogP contribution >= 0.6 is 0 Å². The van der Waals surface area contributed by atoms with E-state index in [1.165, 1.54) is 29.1 Å². The van der Waals surface area contributed by atoms with Crippen LogP contribution in [0.2, 0.25) is 0 Å². The summed E-state index contributed by atoms with van der Waals surface area (Å²) in [6.45, 7) is 0. The first-order valence-electron chi connectivity index (χ1n) is 8.21.